The molecule has 0 unspecified atom stereocenters. The van der Waals surface area contributed by atoms with Crippen LogP contribution in [0.4, 0.5) is 5.00 Å². The van der Waals surface area contributed by atoms with Gasteiger partial charge < -0.3 is 4.74 Å². The van der Waals surface area contributed by atoms with Crippen LogP contribution in [0, 0.1) is 0 Å². The second kappa shape index (κ2) is 8.10. The van der Waals surface area contributed by atoms with Crippen LogP contribution in [0.3, 0.4) is 0 Å². The van der Waals surface area contributed by atoms with Crippen molar-refractivity contribution in [2.75, 3.05) is 11.8 Å². The number of anilines is 1. The molecule has 140 valence electrons. The first-order chi connectivity index (χ1) is 12.4. The van der Waals surface area contributed by atoms with Gasteiger partial charge in [0.25, 0.3) is 10.0 Å². The molecule has 8 heteroatoms. The summed E-state index contributed by atoms with van der Waals surface area (Å²) in [5.41, 5.74) is 1.31. The van der Waals surface area contributed by atoms with Crippen molar-refractivity contribution < 1.29 is 17.9 Å². The maximum absolute atomic E-state index is 12.8. The van der Waals surface area contributed by atoms with Crippen molar-refractivity contribution in [2.45, 2.75) is 43.4 Å². The molecule has 0 saturated heterocycles. The topological polar surface area (TPSA) is 72.5 Å². The largest absolute Gasteiger partial charge is 0.465 e. The van der Waals surface area contributed by atoms with E-state index in [0.29, 0.717) is 10.6 Å². The number of methoxy groups -OCH3 is 1. The molecule has 2 aromatic rings. The van der Waals surface area contributed by atoms with E-state index in [1.165, 1.54) is 30.6 Å². The van der Waals surface area contributed by atoms with E-state index in [4.69, 9.17) is 4.74 Å². The van der Waals surface area contributed by atoms with Gasteiger partial charge in [0.05, 0.1) is 17.6 Å². The van der Waals surface area contributed by atoms with Gasteiger partial charge in [-0.3, -0.25) is 4.72 Å². The van der Waals surface area contributed by atoms with Crippen LogP contribution in [-0.4, -0.2) is 21.5 Å². The van der Waals surface area contributed by atoms with Gasteiger partial charge in [0.1, 0.15) is 5.00 Å². The summed E-state index contributed by atoms with van der Waals surface area (Å²) in [7, 11) is -2.46. The summed E-state index contributed by atoms with van der Waals surface area (Å²) in [4.78, 5) is 13.6. The van der Waals surface area contributed by atoms with E-state index >= 15 is 0 Å². The smallest absolute Gasteiger partial charge is 0.341 e. The molecule has 0 bridgehead atoms. The van der Waals surface area contributed by atoms with Crippen LogP contribution >= 0.6 is 27.3 Å². The van der Waals surface area contributed by atoms with Gasteiger partial charge in [0, 0.05) is 9.35 Å². The Labute approximate surface area is 165 Å². The Morgan fingerprint density at radius 3 is 2.42 bits per heavy atom. The number of benzene rings is 1. The number of hydrogen-bond donors (Lipinski definition) is 1. The number of hydrogen-bond acceptors (Lipinski definition) is 5. The Kier molecular flexibility index (Phi) is 6.04. The fourth-order valence-electron chi connectivity index (χ4n) is 3.10. The molecule has 1 N–H and O–H groups in total. The third-order valence-corrected chi connectivity index (χ3v) is 7.64. The normalized spacial score (nSPS) is 14.8. The fourth-order valence-corrected chi connectivity index (χ4v) is 5.95. The van der Waals surface area contributed by atoms with Crippen molar-refractivity contribution in [1.29, 1.82) is 0 Å². The van der Waals surface area contributed by atoms with Crippen molar-refractivity contribution >= 4 is 48.3 Å². The Bertz CT molecular complexity index is 904. The van der Waals surface area contributed by atoms with Gasteiger partial charge in [-0.2, -0.15) is 0 Å². The van der Waals surface area contributed by atoms with Crippen molar-refractivity contribution in [3.63, 3.8) is 0 Å². The minimum Gasteiger partial charge on any atom is -0.465 e. The van der Waals surface area contributed by atoms with E-state index < -0.39 is 16.0 Å². The molecule has 0 aliphatic heterocycles. The molecule has 1 aliphatic carbocycles. The predicted molar refractivity (Wildman–Crippen MR) is 106 cm³/mol. The predicted octanol–water partition coefficient (Wildman–Crippen LogP) is 4.76. The lowest BCUT2D eigenvalue weighted by Crippen LogP contribution is -2.15. The number of rotatable bonds is 4. The molecule has 0 saturated carbocycles. The molecule has 0 atom stereocenters. The highest BCUT2D eigenvalue weighted by Gasteiger charge is 2.27. The molecule has 1 aliphatic rings. The van der Waals surface area contributed by atoms with Crippen LogP contribution in [0.1, 0.15) is 46.5 Å². The van der Waals surface area contributed by atoms with Gasteiger partial charge >= 0.3 is 5.97 Å². The van der Waals surface area contributed by atoms with Crippen molar-refractivity contribution in [2.24, 2.45) is 0 Å². The van der Waals surface area contributed by atoms with Crippen LogP contribution < -0.4 is 4.72 Å². The Hall–Kier alpha value is -1.38. The Morgan fingerprint density at radius 1 is 1.12 bits per heavy atom. The van der Waals surface area contributed by atoms with Gasteiger partial charge in [-0.25, -0.2) is 13.2 Å². The van der Waals surface area contributed by atoms with Gasteiger partial charge in [0.15, 0.2) is 0 Å². The maximum Gasteiger partial charge on any atom is 0.341 e. The van der Waals surface area contributed by atoms with E-state index in [0.717, 1.165) is 53.4 Å². The fraction of sp³-hybridized carbons (Fsp3) is 0.389. The maximum atomic E-state index is 12.8. The first-order valence-electron chi connectivity index (χ1n) is 8.43. The zero-order valence-electron chi connectivity index (χ0n) is 14.4. The first-order valence-corrected chi connectivity index (χ1v) is 11.5. The number of aryl methyl sites for hydroxylation is 1. The van der Waals surface area contributed by atoms with E-state index in [1.54, 1.807) is 12.1 Å². The number of ether oxygens (including phenoxy) is 1. The van der Waals surface area contributed by atoms with Crippen LogP contribution in [0.25, 0.3) is 0 Å². The number of carbonyl (C=O) groups is 1. The quantitative estimate of drug-likeness (QED) is 0.671. The van der Waals surface area contributed by atoms with Gasteiger partial charge in [-0.1, -0.05) is 28.8 Å². The van der Waals surface area contributed by atoms with Crippen LogP contribution in [-0.2, 0) is 27.6 Å². The molecule has 3 rings (SSSR count). The lowest BCUT2D eigenvalue weighted by molar-refractivity contribution is 0.0601. The lowest BCUT2D eigenvalue weighted by Gasteiger charge is -2.11. The highest BCUT2D eigenvalue weighted by Crippen LogP contribution is 2.38. The van der Waals surface area contributed by atoms with E-state index in [9.17, 15) is 13.2 Å². The molecular weight excluding hydrogens is 438 g/mol. The summed E-state index contributed by atoms with van der Waals surface area (Å²) in [6.07, 6.45) is 5.96. The molecule has 0 radical (unpaired) electrons. The average molecular weight is 458 g/mol. The van der Waals surface area contributed by atoms with Crippen molar-refractivity contribution in [1.82, 2.24) is 0 Å². The number of esters is 1. The molecule has 0 spiro atoms. The molecule has 1 aromatic heterocycles. The van der Waals surface area contributed by atoms with E-state index in [2.05, 4.69) is 20.7 Å². The van der Waals surface area contributed by atoms with Gasteiger partial charge in [-0.05, 0) is 55.5 Å². The second-order valence-electron chi connectivity index (χ2n) is 6.17. The number of nitrogens with one attached hydrogen (secondary N) is 1. The summed E-state index contributed by atoms with van der Waals surface area (Å²) in [5, 5.41) is 0.353. The zero-order chi connectivity index (χ0) is 18.7. The Balaban J connectivity index is 2.02. The van der Waals surface area contributed by atoms with Gasteiger partial charge in [-0.15, -0.1) is 11.3 Å². The van der Waals surface area contributed by atoms with Crippen molar-refractivity contribution in [3.8, 4) is 0 Å². The molecule has 1 aromatic carbocycles. The number of halogens is 1. The number of fused-ring (bicyclic) bond motifs is 1. The number of sulfonamides is 1. The summed E-state index contributed by atoms with van der Waals surface area (Å²) < 4.78 is 33.8. The minimum atomic E-state index is -3.78. The minimum absolute atomic E-state index is 0.150. The summed E-state index contributed by atoms with van der Waals surface area (Å²) in [6.45, 7) is 0. The van der Waals surface area contributed by atoms with Gasteiger partial charge in [0.2, 0.25) is 0 Å². The summed E-state index contributed by atoms with van der Waals surface area (Å²) >= 11 is 4.65. The van der Waals surface area contributed by atoms with Crippen LogP contribution in [0.2, 0.25) is 0 Å². The SMILES string of the molecule is COC(=O)c1c(NS(=O)(=O)c2ccc(Br)cc2)sc2c1CCCCCC2. The zero-order valence-corrected chi connectivity index (χ0v) is 17.6. The van der Waals surface area contributed by atoms with Crippen LogP contribution in [0.5, 0.6) is 0 Å². The average Bonchev–Trinajstić information content (AvgIpc) is 2.90. The Morgan fingerprint density at radius 2 is 1.77 bits per heavy atom. The molecule has 0 amide bonds. The third kappa shape index (κ3) is 4.13. The summed E-state index contributed by atoms with van der Waals surface area (Å²) in [5.74, 6) is -0.489. The lowest BCUT2D eigenvalue weighted by atomic mass is 9.96. The van der Waals surface area contributed by atoms with E-state index in [-0.39, 0.29) is 4.90 Å². The standard InChI is InChI=1S/C18H20BrNO4S2/c1-24-18(21)16-14-6-4-2-3-5-7-15(14)25-17(16)20-26(22,23)13-10-8-12(19)9-11-13/h8-11,20H,2-7H2,1H3. The van der Waals surface area contributed by atoms with E-state index in [1.807, 2.05) is 0 Å². The second-order valence-corrected chi connectivity index (χ2v) is 9.88. The molecule has 5 nitrogen and oxygen atoms in total. The first kappa shape index (κ1) is 19.4. The highest BCUT2D eigenvalue weighted by molar-refractivity contribution is 9.10. The number of thiophene rings is 1. The number of carbonyl (C=O) groups excluding carboxylic acids is 1. The molecular formula is C18H20BrNO4S2. The molecule has 0 fully saturated rings. The highest BCUT2D eigenvalue weighted by atomic mass is 79.9. The third-order valence-electron chi connectivity index (χ3n) is 4.41. The molecule has 1 heterocycles. The van der Waals surface area contributed by atoms with Crippen LogP contribution in [0.15, 0.2) is 33.6 Å². The summed E-state index contributed by atoms with van der Waals surface area (Å²) in [6, 6.07) is 6.38. The van der Waals surface area contributed by atoms with Crippen molar-refractivity contribution in [3.05, 3.63) is 44.7 Å². The molecule has 26 heavy (non-hydrogen) atoms. The monoisotopic (exact) mass is 457 g/mol.